The first kappa shape index (κ1) is 27.8. The van der Waals surface area contributed by atoms with Crippen molar-refractivity contribution in [2.45, 2.75) is 59.8 Å². The predicted molar refractivity (Wildman–Crippen MR) is 114 cm³/mol. The Balaban J connectivity index is 0.00000192. The molecule has 0 spiro atoms. The zero-order valence-corrected chi connectivity index (χ0v) is 19.4. The molecule has 0 aliphatic rings. The van der Waals surface area contributed by atoms with Crippen LogP contribution in [0.4, 0.5) is 0 Å². The summed E-state index contributed by atoms with van der Waals surface area (Å²) in [5.74, 6) is 0.341. The highest BCUT2D eigenvalue weighted by atomic mass is 16.7. The first-order valence-electron chi connectivity index (χ1n) is 9.67. The van der Waals surface area contributed by atoms with Crippen molar-refractivity contribution in [3.05, 3.63) is 29.3 Å². The lowest BCUT2D eigenvalue weighted by molar-refractivity contribution is -0.166. The number of carbonyl (C=O) groups is 2. The van der Waals surface area contributed by atoms with E-state index in [0.29, 0.717) is 18.8 Å². The Labute approximate surface area is 179 Å². The van der Waals surface area contributed by atoms with E-state index in [9.17, 15) is 9.90 Å². The highest BCUT2D eigenvalue weighted by Gasteiger charge is 2.23. The van der Waals surface area contributed by atoms with E-state index >= 15 is 0 Å². The molecule has 1 aromatic rings. The van der Waals surface area contributed by atoms with Crippen molar-refractivity contribution in [1.29, 1.82) is 0 Å². The number of β-amino-alcohol motifs (C(OH)–C–C–N with tert-alkyl or cyclic N) is 1. The van der Waals surface area contributed by atoms with E-state index in [0.717, 1.165) is 11.1 Å². The maximum atomic E-state index is 11.7. The highest BCUT2D eigenvalue weighted by molar-refractivity contribution is 5.75. The zero-order chi connectivity index (χ0) is 23.4. The van der Waals surface area contributed by atoms with Gasteiger partial charge in [0.25, 0.3) is 6.47 Å². The van der Waals surface area contributed by atoms with E-state index in [-0.39, 0.29) is 24.9 Å². The van der Waals surface area contributed by atoms with Crippen molar-refractivity contribution >= 4 is 12.4 Å². The summed E-state index contributed by atoms with van der Waals surface area (Å²) in [6.45, 7) is 12.4. The number of aliphatic hydroxyl groups excluding tert-OH is 1. The average molecular weight is 428 g/mol. The minimum atomic E-state index is -0.641. The van der Waals surface area contributed by atoms with Gasteiger partial charge in [0.1, 0.15) is 5.75 Å². The van der Waals surface area contributed by atoms with Crippen molar-refractivity contribution < 1.29 is 33.6 Å². The Kier molecular flexibility index (Phi) is 12.3. The molecule has 1 aromatic carbocycles. The van der Waals surface area contributed by atoms with Crippen molar-refractivity contribution in [3.63, 3.8) is 0 Å². The average Bonchev–Trinajstić information content (AvgIpc) is 2.67. The number of nitrogens with one attached hydrogen (secondary N) is 1. The van der Waals surface area contributed by atoms with Gasteiger partial charge < -0.3 is 29.4 Å². The van der Waals surface area contributed by atoms with Crippen LogP contribution in [0.15, 0.2) is 18.2 Å². The highest BCUT2D eigenvalue weighted by Crippen LogP contribution is 2.24. The van der Waals surface area contributed by atoms with Gasteiger partial charge in [-0.05, 0) is 59.2 Å². The third-order valence-electron chi connectivity index (χ3n) is 3.75. The van der Waals surface area contributed by atoms with Crippen LogP contribution in [0.5, 0.6) is 5.75 Å². The van der Waals surface area contributed by atoms with Crippen LogP contribution >= 0.6 is 0 Å². The fraction of sp³-hybridized carbons (Fsp3) is 0.636. The van der Waals surface area contributed by atoms with Crippen molar-refractivity contribution in [2.75, 3.05) is 27.6 Å². The van der Waals surface area contributed by atoms with Crippen LogP contribution in [0, 0.1) is 5.41 Å². The van der Waals surface area contributed by atoms with Crippen LogP contribution in [0.25, 0.3) is 0 Å². The summed E-state index contributed by atoms with van der Waals surface area (Å²) in [7, 11) is 2.89. The van der Waals surface area contributed by atoms with Crippen LogP contribution in [-0.4, -0.2) is 50.6 Å². The Bertz CT molecular complexity index is 648. The minimum Gasteiger partial charge on any atom is -0.496 e. The summed E-state index contributed by atoms with van der Waals surface area (Å²) >= 11 is 0. The summed E-state index contributed by atoms with van der Waals surface area (Å²) in [4.78, 5) is 20.7. The van der Waals surface area contributed by atoms with Crippen LogP contribution in [0.3, 0.4) is 0 Å². The van der Waals surface area contributed by atoms with Crippen LogP contribution in [0.1, 0.15) is 58.8 Å². The second-order valence-corrected chi connectivity index (χ2v) is 8.70. The minimum absolute atomic E-state index is 0.0731. The van der Waals surface area contributed by atoms with Crippen LogP contribution in [-0.2, 0) is 30.4 Å². The molecule has 172 valence electrons. The molecule has 0 fully saturated rings. The molecule has 30 heavy (non-hydrogen) atoms. The molecule has 0 saturated carbocycles. The molecule has 8 nitrogen and oxygen atoms in total. The molecule has 0 radical (unpaired) electrons. The molecule has 0 aliphatic carbocycles. The topological polar surface area (TPSA) is 103 Å². The third kappa shape index (κ3) is 11.7. The van der Waals surface area contributed by atoms with E-state index in [1.54, 1.807) is 33.9 Å². The number of ether oxygens (including phenoxy) is 4. The third-order valence-corrected chi connectivity index (χ3v) is 3.75. The lowest BCUT2D eigenvalue weighted by Crippen LogP contribution is -2.38. The zero-order valence-electron chi connectivity index (χ0n) is 19.4. The summed E-state index contributed by atoms with van der Waals surface area (Å²) in [5, 5.41) is 13.7. The van der Waals surface area contributed by atoms with Crippen LogP contribution in [0.2, 0.25) is 0 Å². The molecule has 1 atom stereocenters. The van der Waals surface area contributed by atoms with E-state index in [1.807, 2.05) is 32.9 Å². The van der Waals surface area contributed by atoms with E-state index in [2.05, 4.69) is 10.1 Å². The summed E-state index contributed by atoms with van der Waals surface area (Å²) in [6.07, 6.45) is -0.641. The van der Waals surface area contributed by atoms with Crippen molar-refractivity contribution in [2.24, 2.45) is 5.41 Å². The quantitative estimate of drug-likeness (QED) is 0.268. The second kappa shape index (κ2) is 13.2. The van der Waals surface area contributed by atoms with E-state index in [1.165, 1.54) is 7.11 Å². The Hall–Kier alpha value is -2.16. The summed E-state index contributed by atoms with van der Waals surface area (Å²) in [5.41, 5.74) is 0.918. The van der Waals surface area contributed by atoms with Gasteiger partial charge in [0.05, 0.1) is 32.3 Å². The molecule has 0 bridgehead atoms. The number of aliphatic hydroxyl groups is 1. The van der Waals surface area contributed by atoms with Gasteiger partial charge in [-0.15, -0.1) is 0 Å². The largest absolute Gasteiger partial charge is 0.496 e. The Morgan fingerprint density at radius 1 is 1.17 bits per heavy atom. The van der Waals surface area contributed by atoms with Crippen molar-refractivity contribution in [3.8, 4) is 5.75 Å². The summed E-state index contributed by atoms with van der Waals surface area (Å²) in [6, 6.07) is 5.48. The monoisotopic (exact) mass is 427 g/mol. The number of methoxy groups -OCH3 is 2. The smallest absolute Gasteiger partial charge is 0.313 e. The summed E-state index contributed by atoms with van der Waals surface area (Å²) < 4.78 is 19.8. The first-order chi connectivity index (χ1) is 13.9. The number of esters is 1. The predicted octanol–water partition coefficient (Wildman–Crippen LogP) is 2.97. The number of carbonyl (C=O) groups excluding carboxylic acids is 2. The lowest BCUT2D eigenvalue weighted by atomic mass is 9.98. The molecule has 0 heterocycles. The molecule has 0 aliphatic heterocycles. The van der Waals surface area contributed by atoms with Gasteiger partial charge in [0.15, 0.2) is 6.79 Å². The maximum Gasteiger partial charge on any atom is 0.313 e. The SMILES string of the molecule is COC=O.COc1ccc(C(O)CNC(C)(C)C)cc1COCOC(=O)C(C)(C)C. The molecular formula is C22H37NO7. The van der Waals surface area contributed by atoms with Gasteiger partial charge in [-0.1, -0.05) is 6.07 Å². The molecule has 0 saturated heterocycles. The fourth-order valence-electron chi connectivity index (χ4n) is 2.10. The molecule has 1 unspecified atom stereocenters. The maximum absolute atomic E-state index is 11.7. The number of rotatable bonds is 9. The molecule has 0 amide bonds. The van der Waals surface area contributed by atoms with Gasteiger partial charge in [-0.25, -0.2) is 0 Å². The second-order valence-electron chi connectivity index (χ2n) is 8.70. The Morgan fingerprint density at radius 2 is 1.77 bits per heavy atom. The van der Waals surface area contributed by atoms with Gasteiger partial charge in [-0.3, -0.25) is 9.59 Å². The van der Waals surface area contributed by atoms with Gasteiger partial charge in [-0.2, -0.15) is 0 Å². The van der Waals surface area contributed by atoms with Crippen molar-refractivity contribution in [1.82, 2.24) is 5.32 Å². The molecular weight excluding hydrogens is 390 g/mol. The number of benzene rings is 1. The standard InChI is InChI=1S/C20H33NO5.C2H4O2/c1-19(2,3)18(23)26-13-25-12-15-10-14(8-9-17(15)24-7)16(22)11-21-20(4,5)6;1-4-2-3/h8-10,16,21-22H,11-13H2,1-7H3;2H,1H3. The van der Waals surface area contributed by atoms with Gasteiger partial charge in [0.2, 0.25) is 0 Å². The normalized spacial score (nSPS) is 12.3. The number of hydrogen-bond acceptors (Lipinski definition) is 8. The first-order valence-corrected chi connectivity index (χ1v) is 9.67. The van der Waals surface area contributed by atoms with Gasteiger partial charge in [0, 0.05) is 17.6 Å². The fourth-order valence-corrected chi connectivity index (χ4v) is 2.10. The van der Waals surface area contributed by atoms with E-state index < -0.39 is 11.5 Å². The molecule has 8 heteroatoms. The molecule has 0 aromatic heterocycles. The Morgan fingerprint density at radius 3 is 2.23 bits per heavy atom. The number of hydrogen-bond donors (Lipinski definition) is 2. The molecule has 2 N–H and O–H groups in total. The lowest BCUT2D eigenvalue weighted by Gasteiger charge is -2.23. The van der Waals surface area contributed by atoms with E-state index in [4.69, 9.17) is 19.0 Å². The van der Waals surface area contributed by atoms with Crippen LogP contribution < -0.4 is 10.1 Å². The molecule has 1 rings (SSSR count). The van der Waals surface area contributed by atoms with Gasteiger partial charge >= 0.3 is 5.97 Å².